The van der Waals surface area contributed by atoms with Gasteiger partial charge in [-0.25, -0.2) is 0 Å². The fraction of sp³-hybridized carbons (Fsp3) is 0.357. The number of nitrogens with one attached hydrogen (secondary N) is 2. The van der Waals surface area contributed by atoms with E-state index >= 15 is 0 Å². The fourth-order valence-corrected chi connectivity index (χ4v) is 1.41. The normalized spacial score (nSPS) is 11.6. The number of benzene rings is 1. The molecular weight excluding hydrogens is 212 g/mol. The van der Waals surface area contributed by atoms with Gasteiger partial charge in [0, 0.05) is 23.7 Å². The molecule has 1 aromatic carbocycles. The van der Waals surface area contributed by atoms with Crippen molar-refractivity contribution in [1.82, 2.24) is 5.32 Å². The maximum absolute atomic E-state index is 11.8. The molecule has 0 aliphatic rings. The molecule has 0 spiro atoms. The molecule has 3 heteroatoms. The van der Waals surface area contributed by atoms with Crippen molar-refractivity contribution in [2.75, 3.05) is 18.4 Å². The number of rotatable bonds is 5. The van der Waals surface area contributed by atoms with Gasteiger partial charge in [-0.3, -0.25) is 4.79 Å². The fourth-order valence-electron chi connectivity index (χ4n) is 1.41. The highest BCUT2D eigenvalue weighted by molar-refractivity contribution is 5.92. The molecule has 1 unspecified atom stereocenters. The molecule has 3 nitrogen and oxygen atoms in total. The van der Waals surface area contributed by atoms with Crippen molar-refractivity contribution in [1.29, 1.82) is 0 Å². The molecular formula is C14H18N2O. The quantitative estimate of drug-likeness (QED) is 0.758. The maximum Gasteiger partial charge on any atom is 0.228 e. The number of carbonyl (C=O) groups excluding carboxylic acids is 1. The van der Waals surface area contributed by atoms with E-state index in [1.54, 1.807) is 6.07 Å². The summed E-state index contributed by atoms with van der Waals surface area (Å²) in [5, 5.41) is 5.99. The van der Waals surface area contributed by atoms with E-state index in [4.69, 9.17) is 6.42 Å². The van der Waals surface area contributed by atoms with Gasteiger partial charge < -0.3 is 10.6 Å². The Kier molecular flexibility index (Phi) is 5.25. The topological polar surface area (TPSA) is 41.1 Å². The first-order valence-electron chi connectivity index (χ1n) is 5.75. The first-order valence-corrected chi connectivity index (χ1v) is 5.75. The summed E-state index contributed by atoms with van der Waals surface area (Å²) in [7, 11) is 0. The van der Waals surface area contributed by atoms with E-state index in [1.165, 1.54) is 0 Å². The minimum absolute atomic E-state index is 0.000112. The van der Waals surface area contributed by atoms with Gasteiger partial charge >= 0.3 is 0 Å². The van der Waals surface area contributed by atoms with Crippen LogP contribution in [-0.4, -0.2) is 19.0 Å². The molecule has 1 rings (SSSR count). The molecule has 1 amide bonds. The Morgan fingerprint density at radius 3 is 2.94 bits per heavy atom. The minimum atomic E-state index is -0.0653. The van der Waals surface area contributed by atoms with Crippen molar-refractivity contribution < 1.29 is 4.79 Å². The predicted molar refractivity (Wildman–Crippen MR) is 70.7 cm³/mol. The minimum Gasteiger partial charge on any atom is -0.326 e. The van der Waals surface area contributed by atoms with Crippen LogP contribution in [0.5, 0.6) is 0 Å². The lowest BCUT2D eigenvalue weighted by Crippen LogP contribution is -2.30. The van der Waals surface area contributed by atoms with Crippen molar-refractivity contribution >= 4 is 11.6 Å². The number of hydrogen-bond donors (Lipinski definition) is 2. The van der Waals surface area contributed by atoms with Gasteiger partial charge in [-0.05, 0) is 24.7 Å². The summed E-state index contributed by atoms with van der Waals surface area (Å²) in [6.45, 7) is 5.45. The summed E-state index contributed by atoms with van der Waals surface area (Å²) in [6, 6.07) is 7.29. The zero-order valence-corrected chi connectivity index (χ0v) is 10.3. The van der Waals surface area contributed by atoms with E-state index < -0.39 is 0 Å². The molecule has 0 saturated heterocycles. The molecule has 17 heavy (non-hydrogen) atoms. The summed E-state index contributed by atoms with van der Waals surface area (Å²) in [4.78, 5) is 11.8. The number of amides is 1. The van der Waals surface area contributed by atoms with Crippen LogP contribution in [-0.2, 0) is 4.79 Å². The summed E-state index contributed by atoms with van der Waals surface area (Å²) in [5.41, 5.74) is 1.51. The van der Waals surface area contributed by atoms with Gasteiger partial charge in [0.15, 0.2) is 0 Å². The Morgan fingerprint density at radius 2 is 2.29 bits per heavy atom. The second-order valence-corrected chi connectivity index (χ2v) is 3.92. The van der Waals surface area contributed by atoms with Gasteiger partial charge in [0.05, 0.1) is 0 Å². The molecule has 0 aromatic heterocycles. The van der Waals surface area contributed by atoms with Crippen LogP contribution in [0.4, 0.5) is 5.69 Å². The monoisotopic (exact) mass is 230 g/mol. The Morgan fingerprint density at radius 1 is 1.53 bits per heavy atom. The van der Waals surface area contributed by atoms with Gasteiger partial charge in [-0.2, -0.15) is 0 Å². The third kappa shape index (κ3) is 4.29. The van der Waals surface area contributed by atoms with E-state index in [0.717, 1.165) is 17.8 Å². The van der Waals surface area contributed by atoms with E-state index in [9.17, 15) is 4.79 Å². The molecule has 0 aliphatic heterocycles. The Bertz CT molecular complexity index is 420. The lowest BCUT2D eigenvalue weighted by Gasteiger charge is -2.12. The predicted octanol–water partition coefficient (Wildman–Crippen LogP) is 1.85. The molecule has 90 valence electrons. The van der Waals surface area contributed by atoms with Crippen LogP contribution in [0.2, 0.25) is 0 Å². The average molecular weight is 230 g/mol. The first-order chi connectivity index (χ1) is 8.17. The van der Waals surface area contributed by atoms with Gasteiger partial charge in [-0.15, -0.1) is 6.42 Å². The van der Waals surface area contributed by atoms with Crippen molar-refractivity contribution in [3.63, 3.8) is 0 Å². The molecule has 1 aromatic rings. The third-order valence-electron chi connectivity index (χ3n) is 2.44. The van der Waals surface area contributed by atoms with Crippen molar-refractivity contribution in [3.8, 4) is 12.3 Å². The van der Waals surface area contributed by atoms with E-state index in [1.807, 2.05) is 32.0 Å². The molecule has 1 atom stereocenters. The van der Waals surface area contributed by atoms with Gasteiger partial charge in [0.25, 0.3) is 0 Å². The SMILES string of the molecule is C#Cc1cccc(NC(=O)C(C)CNCC)c1. The van der Waals surface area contributed by atoms with Gasteiger partial charge in [0.1, 0.15) is 0 Å². The van der Waals surface area contributed by atoms with Crippen LogP contribution in [0.25, 0.3) is 0 Å². The largest absolute Gasteiger partial charge is 0.326 e. The number of hydrogen-bond acceptors (Lipinski definition) is 2. The molecule has 0 heterocycles. The highest BCUT2D eigenvalue weighted by Gasteiger charge is 2.11. The van der Waals surface area contributed by atoms with E-state index in [0.29, 0.717) is 6.54 Å². The molecule has 0 saturated carbocycles. The standard InChI is InChI=1S/C14H18N2O/c1-4-12-7-6-8-13(9-12)16-14(17)11(3)10-15-5-2/h1,6-9,11,15H,5,10H2,2-3H3,(H,16,17). The lowest BCUT2D eigenvalue weighted by atomic mass is 10.1. The summed E-state index contributed by atoms with van der Waals surface area (Å²) in [6.07, 6.45) is 5.30. The summed E-state index contributed by atoms with van der Waals surface area (Å²) in [5.74, 6) is 2.48. The van der Waals surface area contributed by atoms with Gasteiger partial charge in [0.2, 0.25) is 5.91 Å². The lowest BCUT2D eigenvalue weighted by molar-refractivity contribution is -0.119. The van der Waals surface area contributed by atoms with E-state index in [-0.39, 0.29) is 11.8 Å². The molecule has 0 aliphatic carbocycles. The number of carbonyl (C=O) groups is 1. The summed E-state index contributed by atoms with van der Waals surface area (Å²) < 4.78 is 0. The highest BCUT2D eigenvalue weighted by atomic mass is 16.1. The first kappa shape index (κ1) is 13.3. The Hall–Kier alpha value is -1.79. The van der Waals surface area contributed by atoms with E-state index in [2.05, 4.69) is 16.6 Å². The van der Waals surface area contributed by atoms with Crippen LogP contribution in [0.15, 0.2) is 24.3 Å². The molecule has 0 fully saturated rings. The second-order valence-electron chi connectivity index (χ2n) is 3.92. The average Bonchev–Trinajstić information content (AvgIpc) is 2.36. The van der Waals surface area contributed by atoms with Crippen molar-refractivity contribution in [2.45, 2.75) is 13.8 Å². The van der Waals surface area contributed by atoms with Crippen molar-refractivity contribution in [2.24, 2.45) is 5.92 Å². The second kappa shape index (κ2) is 6.72. The zero-order valence-electron chi connectivity index (χ0n) is 10.3. The smallest absolute Gasteiger partial charge is 0.228 e. The summed E-state index contributed by atoms with van der Waals surface area (Å²) >= 11 is 0. The third-order valence-corrected chi connectivity index (χ3v) is 2.44. The molecule has 0 bridgehead atoms. The van der Waals surface area contributed by atoms with Crippen molar-refractivity contribution in [3.05, 3.63) is 29.8 Å². The van der Waals surface area contributed by atoms with Crippen LogP contribution < -0.4 is 10.6 Å². The number of terminal acetylenes is 1. The van der Waals surface area contributed by atoms with Crippen LogP contribution in [0.1, 0.15) is 19.4 Å². The maximum atomic E-state index is 11.8. The zero-order chi connectivity index (χ0) is 12.7. The Balaban J connectivity index is 2.58. The van der Waals surface area contributed by atoms with Crippen LogP contribution in [0, 0.1) is 18.3 Å². The highest BCUT2D eigenvalue weighted by Crippen LogP contribution is 2.11. The van der Waals surface area contributed by atoms with Crippen LogP contribution >= 0.6 is 0 Å². The molecule has 2 N–H and O–H groups in total. The molecule has 0 radical (unpaired) electrons. The van der Waals surface area contributed by atoms with Crippen LogP contribution in [0.3, 0.4) is 0 Å². The van der Waals surface area contributed by atoms with Gasteiger partial charge in [-0.1, -0.05) is 25.8 Å². The Labute approximate surface area is 103 Å². The number of anilines is 1.